The van der Waals surface area contributed by atoms with Gasteiger partial charge in [0.15, 0.2) is 0 Å². The average molecular weight is 319 g/mol. The summed E-state index contributed by atoms with van der Waals surface area (Å²) in [6, 6.07) is -0.353. The Morgan fingerprint density at radius 3 is 2.45 bits per heavy atom. The van der Waals surface area contributed by atoms with Gasteiger partial charge in [-0.3, -0.25) is 4.79 Å². The standard InChI is InChI=1S/C15H24F3N3O/c1-4-10(8-9-19)20-13(22)14(2,3)11-6-5-7-12(21-11)15(16,17)18/h10-12,21H,4-8H2,1-3H3,(H,20,22)/t10?,11-,12+/m0/s1. The summed E-state index contributed by atoms with van der Waals surface area (Å²) in [6.45, 7) is 5.16. The quantitative estimate of drug-likeness (QED) is 0.819. The van der Waals surface area contributed by atoms with Crippen LogP contribution in [0.25, 0.3) is 0 Å². The highest BCUT2D eigenvalue weighted by Crippen LogP contribution is 2.34. The second-order valence-electron chi connectivity index (χ2n) is 6.41. The minimum absolute atomic E-state index is 0.0454. The molecule has 1 amide bonds. The van der Waals surface area contributed by atoms with Crippen LogP contribution in [0.5, 0.6) is 0 Å². The monoisotopic (exact) mass is 319 g/mol. The van der Waals surface area contributed by atoms with Gasteiger partial charge in [-0.25, -0.2) is 0 Å². The van der Waals surface area contributed by atoms with Crippen molar-refractivity contribution in [2.24, 2.45) is 5.41 Å². The van der Waals surface area contributed by atoms with E-state index in [0.29, 0.717) is 19.3 Å². The van der Waals surface area contributed by atoms with E-state index in [-0.39, 0.29) is 24.8 Å². The molecular formula is C15H24F3N3O. The Morgan fingerprint density at radius 2 is 1.95 bits per heavy atom. The zero-order chi connectivity index (χ0) is 17.0. The fraction of sp³-hybridized carbons (Fsp3) is 0.867. The van der Waals surface area contributed by atoms with Crippen LogP contribution in [0.3, 0.4) is 0 Å². The SMILES string of the molecule is CCC(CC#N)NC(=O)C(C)(C)[C@@H]1CCC[C@H](C(F)(F)F)N1. The second kappa shape index (κ2) is 7.32. The van der Waals surface area contributed by atoms with Crippen molar-refractivity contribution in [3.63, 3.8) is 0 Å². The first kappa shape index (κ1) is 18.8. The molecule has 0 bridgehead atoms. The number of nitrogens with zero attached hydrogens (tertiary/aromatic N) is 1. The normalized spacial score (nSPS) is 24.4. The number of alkyl halides is 3. The zero-order valence-electron chi connectivity index (χ0n) is 13.3. The number of carbonyl (C=O) groups is 1. The van der Waals surface area contributed by atoms with Crippen LogP contribution in [0.4, 0.5) is 13.2 Å². The summed E-state index contributed by atoms with van der Waals surface area (Å²) in [5.74, 6) is -0.310. The Kier molecular flexibility index (Phi) is 6.24. The van der Waals surface area contributed by atoms with E-state index in [0.717, 1.165) is 0 Å². The molecule has 0 saturated carbocycles. The Morgan fingerprint density at radius 1 is 1.36 bits per heavy atom. The van der Waals surface area contributed by atoms with Gasteiger partial charge >= 0.3 is 6.18 Å². The van der Waals surface area contributed by atoms with Crippen molar-refractivity contribution in [3.8, 4) is 6.07 Å². The van der Waals surface area contributed by atoms with Crippen molar-refractivity contribution in [2.75, 3.05) is 0 Å². The first-order chi connectivity index (χ1) is 10.1. The first-order valence-electron chi connectivity index (χ1n) is 7.63. The van der Waals surface area contributed by atoms with E-state index in [4.69, 9.17) is 5.26 Å². The summed E-state index contributed by atoms with van der Waals surface area (Å²) in [5, 5.41) is 14.1. The summed E-state index contributed by atoms with van der Waals surface area (Å²) in [7, 11) is 0. The molecule has 3 atom stereocenters. The molecule has 0 spiro atoms. The van der Waals surface area contributed by atoms with Crippen LogP contribution in [0, 0.1) is 16.7 Å². The Bertz CT molecular complexity index is 429. The van der Waals surface area contributed by atoms with E-state index < -0.39 is 23.7 Å². The lowest BCUT2D eigenvalue weighted by Gasteiger charge is -2.41. The fourth-order valence-corrected chi connectivity index (χ4v) is 2.70. The third-order valence-corrected chi connectivity index (χ3v) is 4.41. The van der Waals surface area contributed by atoms with Crippen molar-refractivity contribution in [1.82, 2.24) is 10.6 Å². The third kappa shape index (κ3) is 4.60. The molecule has 1 unspecified atom stereocenters. The minimum atomic E-state index is -4.29. The number of halogens is 3. The highest BCUT2D eigenvalue weighted by Gasteiger charge is 2.47. The van der Waals surface area contributed by atoms with Gasteiger partial charge in [-0.05, 0) is 39.5 Å². The van der Waals surface area contributed by atoms with Gasteiger partial charge in [-0.1, -0.05) is 6.92 Å². The molecule has 1 rings (SSSR count). The van der Waals surface area contributed by atoms with E-state index >= 15 is 0 Å². The van der Waals surface area contributed by atoms with Crippen LogP contribution in [0.1, 0.15) is 52.9 Å². The molecule has 7 heteroatoms. The van der Waals surface area contributed by atoms with Crippen molar-refractivity contribution in [3.05, 3.63) is 0 Å². The summed E-state index contributed by atoms with van der Waals surface area (Å²) in [5.41, 5.74) is -0.965. The molecule has 0 aromatic carbocycles. The molecule has 126 valence electrons. The number of hydrogen-bond acceptors (Lipinski definition) is 3. The molecule has 1 aliphatic heterocycles. The van der Waals surface area contributed by atoms with Gasteiger partial charge in [0, 0.05) is 12.1 Å². The van der Waals surface area contributed by atoms with Crippen LogP contribution < -0.4 is 10.6 Å². The van der Waals surface area contributed by atoms with Gasteiger partial charge in [-0.15, -0.1) is 0 Å². The minimum Gasteiger partial charge on any atom is -0.352 e. The largest absolute Gasteiger partial charge is 0.403 e. The number of rotatable bonds is 5. The number of nitriles is 1. The Hall–Kier alpha value is -1.29. The highest BCUT2D eigenvalue weighted by molar-refractivity contribution is 5.83. The maximum absolute atomic E-state index is 12.9. The number of amides is 1. The molecule has 1 fully saturated rings. The molecule has 1 aliphatic rings. The molecule has 0 aromatic heterocycles. The summed E-state index contributed by atoms with van der Waals surface area (Å²) in [6.07, 6.45) is -2.47. The van der Waals surface area contributed by atoms with Gasteiger partial charge in [0.2, 0.25) is 5.91 Å². The van der Waals surface area contributed by atoms with E-state index in [1.165, 1.54) is 0 Å². The van der Waals surface area contributed by atoms with Gasteiger partial charge in [-0.2, -0.15) is 18.4 Å². The smallest absolute Gasteiger partial charge is 0.352 e. The van der Waals surface area contributed by atoms with E-state index in [2.05, 4.69) is 10.6 Å². The van der Waals surface area contributed by atoms with Crippen LogP contribution in [-0.2, 0) is 4.79 Å². The van der Waals surface area contributed by atoms with Crippen LogP contribution in [0.2, 0.25) is 0 Å². The summed E-state index contributed by atoms with van der Waals surface area (Å²) >= 11 is 0. The summed E-state index contributed by atoms with van der Waals surface area (Å²) in [4.78, 5) is 12.4. The summed E-state index contributed by atoms with van der Waals surface area (Å²) < 4.78 is 38.6. The molecular weight excluding hydrogens is 295 g/mol. The first-order valence-corrected chi connectivity index (χ1v) is 7.63. The average Bonchev–Trinajstić information content (AvgIpc) is 2.45. The lowest BCUT2D eigenvalue weighted by molar-refractivity contribution is -0.167. The van der Waals surface area contributed by atoms with Crippen LogP contribution >= 0.6 is 0 Å². The topological polar surface area (TPSA) is 64.9 Å². The molecule has 4 nitrogen and oxygen atoms in total. The van der Waals surface area contributed by atoms with Crippen LogP contribution in [-0.4, -0.2) is 30.2 Å². The van der Waals surface area contributed by atoms with E-state index in [1.54, 1.807) is 13.8 Å². The maximum atomic E-state index is 12.9. The van der Waals surface area contributed by atoms with Gasteiger partial charge < -0.3 is 10.6 Å². The van der Waals surface area contributed by atoms with Crippen molar-refractivity contribution in [2.45, 2.75) is 77.2 Å². The molecule has 0 aromatic rings. The molecule has 22 heavy (non-hydrogen) atoms. The molecule has 1 saturated heterocycles. The predicted molar refractivity (Wildman–Crippen MR) is 76.9 cm³/mol. The second-order valence-corrected chi connectivity index (χ2v) is 6.41. The number of piperidine rings is 1. The van der Waals surface area contributed by atoms with Gasteiger partial charge in [0.05, 0.1) is 17.9 Å². The number of nitrogens with one attached hydrogen (secondary N) is 2. The van der Waals surface area contributed by atoms with E-state index in [1.807, 2.05) is 13.0 Å². The van der Waals surface area contributed by atoms with Crippen molar-refractivity contribution in [1.29, 1.82) is 5.26 Å². The van der Waals surface area contributed by atoms with Gasteiger partial charge in [0.25, 0.3) is 0 Å². The highest BCUT2D eigenvalue weighted by atomic mass is 19.4. The fourth-order valence-electron chi connectivity index (χ4n) is 2.70. The maximum Gasteiger partial charge on any atom is 0.403 e. The van der Waals surface area contributed by atoms with Gasteiger partial charge in [0.1, 0.15) is 6.04 Å². The third-order valence-electron chi connectivity index (χ3n) is 4.41. The number of carbonyl (C=O) groups excluding carboxylic acids is 1. The van der Waals surface area contributed by atoms with Crippen molar-refractivity contribution >= 4 is 5.91 Å². The molecule has 0 radical (unpaired) electrons. The molecule has 0 aliphatic carbocycles. The Balaban J connectivity index is 2.75. The number of hydrogen-bond donors (Lipinski definition) is 2. The van der Waals surface area contributed by atoms with Crippen molar-refractivity contribution < 1.29 is 18.0 Å². The predicted octanol–water partition coefficient (Wildman–Crippen LogP) is 2.89. The molecule has 1 heterocycles. The van der Waals surface area contributed by atoms with Crippen LogP contribution in [0.15, 0.2) is 0 Å². The molecule has 2 N–H and O–H groups in total. The Labute approximate surface area is 129 Å². The van der Waals surface area contributed by atoms with E-state index in [9.17, 15) is 18.0 Å². The lowest BCUT2D eigenvalue weighted by atomic mass is 9.77. The zero-order valence-corrected chi connectivity index (χ0v) is 13.3. The lowest BCUT2D eigenvalue weighted by Crippen LogP contribution is -2.59.